The largest absolute Gasteiger partial charge is 0.489 e. The second kappa shape index (κ2) is 11.9. The number of carbonyl (C=O) groups is 1. The quantitative estimate of drug-likeness (QED) is 0.184. The fraction of sp³-hybridized carbons (Fsp3) is 0.308. The van der Waals surface area contributed by atoms with Gasteiger partial charge in [-0.3, -0.25) is 4.79 Å². The van der Waals surface area contributed by atoms with Gasteiger partial charge in [0, 0.05) is 36.3 Å². The summed E-state index contributed by atoms with van der Waals surface area (Å²) >= 11 is 6.37. The molecule has 1 heterocycles. The van der Waals surface area contributed by atoms with Crippen molar-refractivity contribution in [2.45, 2.75) is 33.4 Å². The molecule has 0 atom stereocenters. The summed E-state index contributed by atoms with van der Waals surface area (Å²) < 4.78 is 12.7. The first kappa shape index (κ1) is 26.3. The van der Waals surface area contributed by atoms with Crippen LogP contribution >= 0.6 is 11.6 Å². The van der Waals surface area contributed by atoms with E-state index >= 15 is 0 Å². The average Bonchev–Trinajstić information content (AvgIpc) is 3.14. The van der Waals surface area contributed by atoms with Crippen LogP contribution in [0.5, 0.6) is 5.75 Å². The van der Waals surface area contributed by atoms with Gasteiger partial charge in [0.15, 0.2) is 0 Å². The minimum atomic E-state index is -0.283. The van der Waals surface area contributed by atoms with Crippen LogP contribution in [0.15, 0.2) is 54.2 Å². The van der Waals surface area contributed by atoms with Gasteiger partial charge >= 0.3 is 5.97 Å². The van der Waals surface area contributed by atoms with E-state index in [0.717, 1.165) is 22.0 Å². The Labute approximate surface area is 210 Å². The molecule has 9 heteroatoms. The molecule has 0 saturated carbocycles. The van der Waals surface area contributed by atoms with Crippen LogP contribution in [0.25, 0.3) is 16.6 Å². The molecule has 1 aromatic heterocycles. The van der Waals surface area contributed by atoms with E-state index in [4.69, 9.17) is 31.8 Å². The molecule has 0 unspecified atom stereocenters. The number of hydrogen-bond donors (Lipinski definition) is 2. The van der Waals surface area contributed by atoms with Gasteiger partial charge < -0.3 is 24.2 Å². The predicted molar refractivity (Wildman–Crippen MR) is 139 cm³/mol. The van der Waals surface area contributed by atoms with Crippen molar-refractivity contribution >= 4 is 40.1 Å². The van der Waals surface area contributed by atoms with E-state index in [-0.39, 0.29) is 24.5 Å². The molecule has 3 N–H and O–H groups in total. The number of aryl methyl sites for hydroxylation is 1. The molecule has 0 fully saturated rings. The number of esters is 1. The van der Waals surface area contributed by atoms with Gasteiger partial charge in [-0.25, -0.2) is 4.99 Å². The van der Waals surface area contributed by atoms with Crippen molar-refractivity contribution in [2.75, 3.05) is 13.2 Å². The molecule has 3 aromatic rings. The highest BCUT2D eigenvalue weighted by atomic mass is 35.5. The lowest BCUT2D eigenvalue weighted by molar-refractivity contribution is -0.142. The van der Waals surface area contributed by atoms with E-state index in [0.29, 0.717) is 35.2 Å². The Morgan fingerprint density at radius 1 is 1.29 bits per heavy atom. The highest BCUT2D eigenvalue weighted by molar-refractivity contribution is 6.32. The van der Waals surface area contributed by atoms with Gasteiger partial charge in [-0.2, -0.15) is 5.90 Å². The zero-order chi connectivity index (χ0) is 25.5. The number of aliphatic imine (C=N–C) groups is 1. The fourth-order valence-electron chi connectivity index (χ4n) is 3.76. The Bertz CT molecular complexity index is 1250. The van der Waals surface area contributed by atoms with Crippen LogP contribution in [0, 0.1) is 0 Å². The van der Waals surface area contributed by atoms with Crippen LogP contribution < -0.4 is 16.0 Å². The molecule has 3 rings (SSSR count). The van der Waals surface area contributed by atoms with Crippen LogP contribution in [-0.2, 0) is 28.0 Å². The number of para-hydroxylation sites is 1. The number of nitrogens with zero attached hydrogens (tertiary/aromatic N) is 2. The summed E-state index contributed by atoms with van der Waals surface area (Å²) in [6.07, 6.45) is 2.00. The van der Waals surface area contributed by atoms with E-state index in [1.165, 1.54) is 0 Å². The number of carbonyl (C=O) groups excluding carboxylic acids is 1. The lowest BCUT2D eigenvalue weighted by atomic mass is 10.1. The molecule has 0 aliphatic carbocycles. The number of aromatic nitrogens is 1. The highest BCUT2D eigenvalue weighted by Crippen LogP contribution is 2.30. The molecule has 35 heavy (non-hydrogen) atoms. The summed E-state index contributed by atoms with van der Waals surface area (Å²) in [7, 11) is 1.95. The van der Waals surface area contributed by atoms with E-state index in [9.17, 15) is 4.79 Å². The summed E-state index contributed by atoms with van der Waals surface area (Å²) in [5.74, 6) is 6.01. The number of nitrogens with one attached hydrogen (secondary N) is 1. The standard InChI is InChI=1S/C26H31ClN4O4/c1-6-33-24(32)14-29-13-19-15-31(5)25-20(8-7-9-21(19)25)17(4)30-26(35-28)18-10-11-23(22(27)12-18)34-16(2)3/h7-12,15-16,29H,4,6,13-14,28H2,1-3,5H3. The molecular weight excluding hydrogens is 468 g/mol. The third-order valence-electron chi connectivity index (χ3n) is 5.17. The van der Waals surface area contributed by atoms with Gasteiger partial charge in [0.05, 0.1) is 35.5 Å². The Kier molecular flexibility index (Phi) is 8.92. The lowest BCUT2D eigenvalue weighted by Gasteiger charge is -2.13. The molecule has 186 valence electrons. The molecule has 0 aliphatic heterocycles. The maximum atomic E-state index is 11.6. The monoisotopic (exact) mass is 498 g/mol. The molecule has 0 aliphatic rings. The third kappa shape index (κ3) is 6.42. The van der Waals surface area contributed by atoms with E-state index < -0.39 is 0 Å². The van der Waals surface area contributed by atoms with Crippen molar-refractivity contribution < 1.29 is 19.1 Å². The summed E-state index contributed by atoms with van der Waals surface area (Å²) in [5.41, 5.74) is 3.87. The Balaban J connectivity index is 1.88. The Hall–Kier alpha value is -3.33. The first-order chi connectivity index (χ1) is 16.7. The molecule has 0 bridgehead atoms. The average molecular weight is 499 g/mol. The zero-order valence-corrected chi connectivity index (χ0v) is 21.2. The van der Waals surface area contributed by atoms with Gasteiger partial charge in [0.25, 0.3) is 0 Å². The second-order valence-electron chi connectivity index (χ2n) is 8.17. The van der Waals surface area contributed by atoms with Crippen molar-refractivity contribution in [1.82, 2.24) is 9.88 Å². The number of ether oxygens (including phenoxy) is 2. The van der Waals surface area contributed by atoms with E-state index in [2.05, 4.69) is 16.9 Å². The fourth-order valence-corrected chi connectivity index (χ4v) is 3.99. The summed E-state index contributed by atoms with van der Waals surface area (Å²) in [6, 6.07) is 11.1. The van der Waals surface area contributed by atoms with Gasteiger partial charge in [-0.05, 0) is 44.5 Å². The van der Waals surface area contributed by atoms with Crippen LogP contribution in [0.1, 0.15) is 37.5 Å². The van der Waals surface area contributed by atoms with Crippen molar-refractivity contribution in [3.8, 4) is 5.75 Å². The molecule has 8 nitrogen and oxygen atoms in total. The molecule has 2 aromatic carbocycles. The highest BCUT2D eigenvalue weighted by Gasteiger charge is 2.15. The maximum Gasteiger partial charge on any atom is 0.319 e. The lowest BCUT2D eigenvalue weighted by Crippen LogP contribution is -2.24. The van der Waals surface area contributed by atoms with Crippen molar-refractivity contribution in [3.63, 3.8) is 0 Å². The van der Waals surface area contributed by atoms with Crippen molar-refractivity contribution in [2.24, 2.45) is 17.9 Å². The molecule has 0 amide bonds. The molecular formula is C26H31ClN4O4. The van der Waals surface area contributed by atoms with Gasteiger partial charge in [-0.1, -0.05) is 36.4 Å². The number of halogens is 1. The van der Waals surface area contributed by atoms with Crippen LogP contribution in [0.2, 0.25) is 5.02 Å². The first-order valence-corrected chi connectivity index (χ1v) is 11.7. The minimum Gasteiger partial charge on any atom is -0.489 e. The molecule has 0 spiro atoms. The molecule has 0 radical (unpaired) electrons. The van der Waals surface area contributed by atoms with Crippen LogP contribution in [0.4, 0.5) is 0 Å². The van der Waals surface area contributed by atoms with Crippen LogP contribution in [0.3, 0.4) is 0 Å². The van der Waals surface area contributed by atoms with Crippen LogP contribution in [-0.4, -0.2) is 35.7 Å². The number of benzene rings is 2. The van der Waals surface area contributed by atoms with Gasteiger partial charge in [-0.15, -0.1) is 0 Å². The second-order valence-corrected chi connectivity index (χ2v) is 8.58. The number of rotatable bonds is 10. The number of fused-ring (bicyclic) bond motifs is 1. The van der Waals surface area contributed by atoms with Gasteiger partial charge in [0.1, 0.15) is 5.75 Å². The van der Waals surface area contributed by atoms with E-state index in [1.54, 1.807) is 25.1 Å². The smallest absolute Gasteiger partial charge is 0.319 e. The van der Waals surface area contributed by atoms with Crippen molar-refractivity contribution in [3.05, 3.63) is 70.9 Å². The summed E-state index contributed by atoms with van der Waals surface area (Å²) in [5, 5.41) is 4.57. The zero-order valence-electron chi connectivity index (χ0n) is 20.4. The third-order valence-corrected chi connectivity index (χ3v) is 5.47. The number of hydrogen-bond acceptors (Lipinski definition) is 7. The Morgan fingerprint density at radius 2 is 2.06 bits per heavy atom. The first-order valence-electron chi connectivity index (χ1n) is 11.3. The van der Waals surface area contributed by atoms with Gasteiger partial charge in [0.2, 0.25) is 5.90 Å². The predicted octanol–water partition coefficient (Wildman–Crippen LogP) is 4.58. The summed E-state index contributed by atoms with van der Waals surface area (Å²) in [6.45, 7) is 10.8. The molecule has 0 saturated heterocycles. The SMILES string of the molecule is C=C(N=C(ON)c1ccc(OC(C)C)c(Cl)c1)c1cccc2c(CNCC(=O)OCC)cn(C)c12. The maximum absolute atomic E-state index is 11.6. The topological polar surface area (TPSA) is 100 Å². The minimum absolute atomic E-state index is 0.00643. The van der Waals surface area contributed by atoms with E-state index in [1.807, 2.05) is 49.9 Å². The Morgan fingerprint density at radius 3 is 2.71 bits per heavy atom. The summed E-state index contributed by atoms with van der Waals surface area (Å²) in [4.78, 5) is 21.3. The number of nitrogens with two attached hydrogens (primary N) is 1. The van der Waals surface area contributed by atoms with Crippen molar-refractivity contribution in [1.29, 1.82) is 0 Å². The normalized spacial score (nSPS) is 11.7.